The van der Waals surface area contributed by atoms with Crippen molar-refractivity contribution in [3.63, 3.8) is 0 Å². The van der Waals surface area contributed by atoms with E-state index in [1.807, 2.05) is 5.92 Å². The van der Waals surface area contributed by atoms with Crippen LogP contribution in [0.5, 0.6) is 0 Å². The largest absolute Gasteiger partial charge is 0.463 e. The van der Waals surface area contributed by atoms with E-state index in [9.17, 15) is 14.4 Å². The fourth-order valence-corrected chi connectivity index (χ4v) is 1.08. The van der Waals surface area contributed by atoms with Gasteiger partial charge in [0.15, 0.2) is 0 Å². The molecule has 6 heteroatoms. The standard InChI is InChI=1S/C11H15NO5/c1-5-11(12-8(4)13,9(14)16-6-2)10(15)17-7-3/h1H,6-7H2,2-4H3,(H,12,13). The van der Waals surface area contributed by atoms with Gasteiger partial charge in [0.2, 0.25) is 5.91 Å². The summed E-state index contributed by atoms with van der Waals surface area (Å²) in [4.78, 5) is 34.3. The van der Waals surface area contributed by atoms with E-state index in [0.29, 0.717) is 0 Å². The van der Waals surface area contributed by atoms with Crippen LogP contribution < -0.4 is 5.32 Å². The second-order valence-corrected chi connectivity index (χ2v) is 3.02. The molecule has 0 spiro atoms. The van der Waals surface area contributed by atoms with Gasteiger partial charge in [0.1, 0.15) is 0 Å². The summed E-state index contributed by atoms with van der Waals surface area (Å²) in [5.41, 5.74) is -2.21. The number of terminal acetylenes is 1. The molecular formula is C11H15NO5. The molecule has 0 aromatic heterocycles. The van der Waals surface area contributed by atoms with Gasteiger partial charge in [0.05, 0.1) is 13.2 Å². The van der Waals surface area contributed by atoms with Gasteiger partial charge in [-0.15, -0.1) is 6.42 Å². The van der Waals surface area contributed by atoms with E-state index in [0.717, 1.165) is 6.92 Å². The second-order valence-electron chi connectivity index (χ2n) is 3.02. The molecule has 0 radical (unpaired) electrons. The van der Waals surface area contributed by atoms with Crippen LogP contribution in [0.4, 0.5) is 0 Å². The molecule has 0 aliphatic heterocycles. The predicted octanol–water partition coefficient (Wildman–Crippen LogP) is -0.379. The van der Waals surface area contributed by atoms with Crippen LogP contribution >= 0.6 is 0 Å². The Morgan fingerprint density at radius 1 is 1.18 bits per heavy atom. The number of esters is 2. The van der Waals surface area contributed by atoms with E-state index < -0.39 is 23.4 Å². The average molecular weight is 241 g/mol. The maximum atomic E-state index is 11.7. The summed E-state index contributed by atoms with van der Waals surface area (Å²) in [5.74, 6) is -0.763. The number of rotatable bonds is 5. The van der Waals surface area contributed by atoms with Crippen LogP contribution in [0.25, 0.3) is 0 Å². The molecule has 0 heterocycles. The molecule has 1 amide bonds. The van der Waals surface area contributed by atoms with Gasteiger partial charge in [0, 0.05) is 6.92 Å². The monoisotopic (exact) mass is 241 g/mol. The lowest BCUT2D eigenvalue weighted by atomic mass is 10.0. The topological polar surface area (TPSA) is 81.7 Å². The smallest absolute Gasteiger partial charge is 0.356 e. The second kappa shape index (κ2) is 6.53. The summed E-state index contributed by atoms with van der Waals surface area (Å²) in [6.45, 7) is 4.29. The molecule has 6 nitrogen and oxygen atoms in total. The summed E-state index contributed by atoms with van der Waals surface area (Å²) >= 11 is 0. The fraction of sp³-hybridized carbons (Fsp3) is 0.545. The van der Waals surface area contributed by atoms with E-state index in [1.54, 1.807) is 13.8 Å². The molecular weight excluding hydrogens is 226 g/mol. The van der Waals surface area contributed by atoms with Crippen molar-refractivity contribution in [3.8, 4) is 12.3 Å². The van der Waals surface area contributed by atoms with Crippen molar-refractivity contribution in [3.05, 3.63) is 0 Å². The number of hydrogen-bond acceptors (Lipinski definition) is 5. The van der Waals surface area contributed by atoms with Crippen LogP contribution in [0, 0.1) is 12.3 Å². The highest BCUT2D eigenvalue weighted by Crippen LogP contribution is 2.10. The molecule has 0 unspecified atom stereocenters. The number of amides is 1. The first-order chi connectivity index (χ1) is 7.94. The third kappa shape index (κ3) is 3.48. The van der Waals surface area contributed by atoms with E-state index in [-0.39, 0.29) is 13.2 Å². The number of carbonyl (C=O) groups excluding carboxylic acids is 3. The summed E-state index contributed by atoms with van der Waals surface area (Å²) in [6.07, 6.45) is 5.15. The third-order valence-corrected chi connectivity index (χ3v) is 1.74. The van der Waals surface area contributed by atoms with Gasteiger partial charge in [-0.05, 0) is 13.8 Å². The van der Waals surface area contributed by atoms with Crippen molar-refractivity contribution in [2.24, 2.45) is 0 Å². The van der Waals surface area contributed by atoms with E-state index >= 15 is 0 Å². The quantitative estimate of drug-likeness (QED) is 0.403. The summed E-state index contributed by atoms with van der Waals surface area (Å²) in [5, 5.41) is 2.09. The normalized spacial score (nSPS) is 10.0. The molecule has 0 bridgehead atoms. The summed E-state index contributed by atoms with van der Waals surface area (Å²) in [6, 6.07) is 0. The lowest BCUT2D eigenvalue weighted by Gasteiger charge is -2.24. The van der Waals surface area contributed by atoms with Gasteiger partial charge >= 0.3 is 11.9 Å². The van der Waals surface area contributed by atoms with E-state index in [4.69, 9.17) is 6.42 Å². The number of ether oxygens (including phenoxy) is 2. The molecule has 0 aliphatic rings. The summed E-state index contributed by atoms with van der Waals surface area (Å²) < 4.78 is 9.34. The molecule has 0 fully saturated rings. The van der Waals surface area contributed by atoms with Crippen molar-refractivity contribution in [2.45, 2.75) is 26.3 Å². The van der Waals surface area contributed by atoms with E-state index in [1.165, 1.54) is 0 Å². The van der Waals surface area contributed by atoms with Crippen molar-refractivity contribution in [1.82, 2.24) is 5.32 Å². The molecule has 0 rings (SSSR count). The molecule has 17 heavy (non-hydrogen) atoms. The average Bonchev–Trinajstić information content (AvgIpc) is 2.26. The molecule has 0 aromatic rings. The Labute approximate surface area is 99.6 Å². The lowest BCUT2D eigenvalue weighted by molar-refractivity contribution is -0.164. The van der Waals surface area contributed by atoms with Crippen molar-refractivity contribution in [2.75, 3.05) is 13.2 Å². The predicted molar refractivity (Wildman–Crippen MR) is 58.6 cm³/mol. The Morgan fingerprint density at radius 2 is 1.59 bits per heavy atom. The first kappa shape index (κ1) is 15.0. The highest BCUT2D eigenvalue weighted by molar-refractivity contribution is 6.11. The molecule has 1 N–H and O–H groups in total. The van der Waals surface area contributed by atoms with Crippen molar-refractivity contribution < 1.29 is 23.9 Å². The van der Waals surface area contributed by atoms with Crippen LogP contribution in [0.15, 0.2) is 0 Å². The van der Waals surface area contributed by atoms with Crippen LogP contribution in [0.3, 0.4) is 0 Å². The van der Waals surface area contributed by atoms with Crippen LogP contribution in [0.1, 0.15) is 20.8 Å². The van der Waals surface area contributed by atoms with Crippen LogP contribution in [-0.4, -0.2) is 36.6 Å². The van der Waals surface area contributed by atoms with Gasteiger partial charge in [-0.2, -0.15) is 0 Å². The molecule has 0 aromatic carbocycles. The zero-order valence-corrected chi connectivity index (χ0v) is 10.0. The lowest BCUT2D eigenvalue weighted by Crippen LogP contribution is -2.60. The molecule has 0 atom stereocenters. The Balaban J connectivity index is 5.30. The SMILES string of the molecule is C#CC(NC(C)=O)(C(=O)OCC)C(=O)OCC. The minimum Gasteiger partial charge on any atom is -0.463 e. The zero-order valence-electron chi connectivity index (χ0n) is 10.0. The molecule has 0 saturated heterocycles. The Hall–Kier alpha value is -2.03. The highest BCUT2D eigenvalue weighted by Gasteiger charge is 2.48. The minimum absolute atomic E-state index is 0.0290. The first-order valence-electron chi connectivity index (χ1n) is 5.05. The first-order valence-corrected chi connectivity index (χ1v) is 5.05. The Bertz CT molecular complexity index is 337. The minimum atomic E-state index is -2.21. The van der Waals surface area contributed by atoms with Crippen molar-refractivity contribution in [1.29, 1.82) is 0 Å². The van der Waals surface area contributed by atoms with Gasteiger partial charge in [-0.25, -0.2) is 9.59 Å². The number of nitrogens with one attached hydrogen (secondary N) is 1. The zero-order chi connectivity index (χ0) is 13.5. The summed E-state index contributed by atoms with van der Waals surface area (Å²) in [7, 11) is 0. The van der Waals surface area contributed by atoms with Crippen molar-refractivity contribution >= 4 is 17.8 Å². The number of hydrogen-bond donors (Lipinski definition) is 1. The maximum Gasteiger partial charge on any atom is 0.356 e. The van der Waals surface area contributed by atoms with Gasteiger partial charge in [0.25, 0.3) is 5.54 Å². The Kier molecular flexibility index (Phi) is 5.75. The van der Waals surface area contributed by atoms with Gasteiger partial charge < -0.3 is 14.8 Å². The Morgan fingerprint density at radius 3 is 1.82 bits per heavy atom. The van der Waals surface area contributed by atoms with Crippen LogP contribution in [-0.2, 0) is 23.9 Å². The fourth-order valence-electron chi connectivity index (χ4n) is 1.08. The molecule has 0 saturated carbocycles. The van der Waals surface area contributed by atoms with Gasteiger partial charge in [-0.3, -0.25) is 4.79 Å². The highest BCUT2D eigenvalue weighted by atomic mass is 16.6. The number of carbonyl (C=O) groups is 3. The van der Waals surface area contributed by atoms with E-state index in [2.05, 4.69) is 14.8 Å². The van der Waals surface area contributed by atoms with Crippen LogP contribution in [0.2, 0.25) is 0 Å². The third-order valence-electron chi connectivity index (χ3n) is 1.74. The van der Waals surface area contributed by atoms with Gasteiger partial charge in [-0.1, -0.05) is 5.92 Å². The molecule has 94 valence electrons. The maximum absolute atomic E-state index is 11.7. The molecule has 0 aliphatic carbocycles.